The van der Waals surface area contributed by atoms with Crippen molar-refractivity contribution in [3.8, 4) is 11.5 Å². The summed E-state index contributed by atoms with van der Waals surface area (Å²) in [6.45, 7) is 2.14. The van der Waals surface area contributed by atoms with Gasteiger partial charge in [-0.1, -0.05) is 65.9 Å². The van der Waals surface area contributed by atoms with Crippen molar-refractivity contribution in [1.82, 2.24) is 0 Å². The minimum Gasteiger partial charge on any atom is -0.454 e. The van der Waals surface area contributed by atoms with Gasteiger partial charge in [-0.15, -0.1) is 0 Å². The summed E-state index contributed by atoms with van der Waals surface area (Å²) in [7, 11) is 0. The molecule has 2 heterocycles. The van der Waals surface area contributed by atoms with Gasteiger partial charge in [0.1, 0.15) is 10.9 Å². The lowest BCUT2D eigenvalue weighted by Crippen LogP contribution is -2.32. The topological polar surface area (TPSA) is 94.2 Å². The number of primary amides is 1. The van der Waals surface area contributed by atoms with Crippen LogP contribution in [0.3, 0.4) is 0 Å². The maximum absolute atomic E-state index is 13.5. The van der Waals surface area contributed by atoms with Gasteiger partial charge in [-0.3, -0.25) is 14.5 Å². The van der Waals surface area contributed by atoms with Crippen LogP contribution in [-0.4, -0.2) is 23.8 Å². The van der Waals surface area contributed by atoms with E-state index >= 15 is 0 Å². The van der Waals surface area contributed by atoms with Crippen LogP contribution >= 0.6 is 11.8 Å². The molecule has 2 aliphatic heterocycles. The molecule has 0 aliphatic carbocycles. The first-order valence-electron chi connectivity index (χ1n) is 10.6. The maximum atomic E-state index is 13.5. The van der Waals surface area contributed by atoms with Crippen molar-refractivity contribution in [2.24, 2.45) is 10.7 Å². The molecule has 2 aliphatic rings. The van der Waals surface area contributed by atoms with Crippen LogP contribution in [0.2, 0.25) is 0 Å². The third-order valence-corrected chi connectivity index (χ3v) is 6.63. The molecule has 34 heavy (non-hydrogen) atoms. The van der Waals surface area contributed by atoms with E-state index in [0.29, 0.717) is 22.4 Å². The first-order chi connectivity index (χ1) is 16.5. The van der Waals surface area contributed by atoms with Crippen LogP contribution < -0.4 is 20.1 Å². The third kappa shape index (κ3) is 4.27. The zero-order valence-corrected chi connectivity index (χ0v) is 19.1. The number of ether oxygens (including phenoxy) is 2. The molecule has 0 spiro atoms. The molecule has 3 aromatic rings. The highest BCUT2D eigenvalue weighted by Crippen LogP contribution is 2.38. The van der Waals surface area contributed by atoms with Crippen molar-refractivity contribution in [2.75, 3.05) is 11.7 Å². The number of nitrogens with zero attached hydrogens (tertiary/aromatic N) is 2. The SMILES string of the molecule is Cc1ccc(N2C(=O)/C(=C\c3ccc4c(c3)OCO4)N=C2SC(C(N)=O)c2ccccc2)cc1. The van der Waals surface area contributed by atoms with Gasteiger partial charge < -0.3 is 15.2 Å². The molecule has 8 heteroatoms. The monoisotopic (exact) mass is 471 g/mol. The Kier molecular flexibility index (Phi) is 5.81. The first kappa shape index (κ1) is 21.8. The zero-order chi connectivity index (χ0) is 23.7. The molecule has 7 nitrogen and oxygen atoms in total. The van der Waals surface area contributed by atoms with Crippen LogP contribution in [0.5, 0.6) is 11.5 Å². The molecule has 2 N–H and O–H groups in total. The number of nitrogens with two attached hydrogens (primary N) is 1. The van der Waals surface area contributed by atoms with E-state index in [0.717, 1.165) is 28.5 Å². The van der Waals surface area contributed by atoms with Crippen molar-refractivity contribution >= 4 is 40.5 Å². The molecular weight excluding hydrogens is 450 g/mol. The summed E-state index contributed by atoms with van der Waals surface area (Å²) in [5.74, 6) is 0.475. The van der Waals surface area contributed by atoms with E-state index in [1.165, 1.54) is 4.90 Å². The van der Waals surface area contributed by atoms with E-state index in [1.807, 2.05) is 67.6 Å². The fourth-order valence-electron chi connectivity index (χ4n) is 3.68. The third-order valence-electron chi connectivity index (χ3n) is 5.41. The van der Waals surface area contributed by atoms with Crippen molar-refractivity contribution in [2.45, 2.75) is 12.2 Å². The largest absolute Gasteiger partial charge is 0.454 e. The van der Waals surface area contributed by atoms with Gasteiger partial charge in [-0.05, 0) is 48.4 Å². The van der Waals surface area contributed by atoms with Crippen LogP contribution in [0.1, 0.15) is 21.9 Å². The van der Waals surface area contributed by atoms with Crippen LogP contribution in [0.4, 0.5) is 5.69 Å². The quantitative estimate of drug-likeness (QED) is 0.556. The maximum Gasteiger partial charge on any atom is 0.283 e. The van der Waals surface area contributed by atoms with Gasteiger partial charge in [0.15, 0.2) is 16.7 Å². The van der Waals surface area contributed by atoms with Gasteiger partial charge in [0, 0.05) is 0 Å². The Morgan fingerprint density at radius 2 is 1.79 bits per heavy atom. The summed E-state index contributed by atoms with van der Waals surface area (Å²) in [4.78, 5) is 32.0. The molecule has 170 valence electrons. The number of aliphatic imine (C=N–C) groups is 1. The predicted octanol–water partition coefficient (Wildman–Crippen LogP) is 4.43. The Morgan fingerprint density at radius 1 is 1.06 bits per heavy atom. The number of carbonyl (C=O) groups is 2. The van der Waals surface area contributed by atoms with E-state index in [2.05, 4.69) is 4.99 Å². The number of hydrogen-bond acceptors (Lipinski definition) is 6. The van der Waals surface area contributed by atoms with Crippen molar-refractivity contribution in [3.05, 3.63) is 95.2 Å². The average Bonchev–Trinajstić information content (AvgIpc) is 3.42. The Hall–Kier alpha value is -4.04. The summed E-state index contributed by atoms with van der Waals surface area (Å²) < 4.78 is 10.8. The normalized spacial score (nSPS) is 16.6. The molecule has 0 saturated carbocycles. The number of thioether (sulfide) groups is 1. The van der Waals surface area contributed by atoms with Gasteiger partial charge in [0.05, 0.1) is 5.69 Å². The lowest BCUT2D eigenvalue weighted by atomic mass is 10.1. The standard InChI is InChI=1S/C26H21N3O4S/c1-16-7-10-19(11-8-16)29-25(31)20(13-17-9-12-21-22(14-17)33-15-32-21)28-26(29)34-23(24(27)30)18-5-3-2-4-6-18/h2-14,23H,15H2,1H3,(H2,27,30)/b20-13+. The highest BCUT2D eigenvalue weighted by Gasteiger charge is 2.35. The number of amidine groups is 1. The molecular formula is C26H21N3O4S. The number of anilines is 1. The molecule has 1 unspecified atom stereocenters. The second-order valence-corrected chi connectivity index (χ2v) is 8.90. The molecule has 3 aromatic carbocycles. The number of amides is 2. The van der Waals surface area contributed by atoms with Crippen molar-refractivity contribution < 1.29 is 19.1 Å². The van der Waals surface area contributed by atoms with E-state index in [-0.39, 0.29) is 18.4 Å². The number of aryl methyl sites for hydroxylation is 1. The van der Waals surface area contributed by atoms with Gasteiger partial charge in [0.25, 0.3) is 5.91 Å². The fourth-order valence-corrected chi connectivity index (χ4v) is 4.75. The number of benzene rings is 3. The highest BCUT2D eigenvalue weighted by molar-refractivity contribution is 8.15. The summed E-state index contributed by atoms with van der Waals surface area (Å²) in [5.41, 5.74) is 9.21. The molecule has 0 radical (unpaired) electrons. The lowest BCUT2D eigenvalue weighted by molar-refractivity contribution is -0.117. The number of fused-ring (bicyclic) bond motifs is 1. The Bertz CT molecular complexity index is 1320. The molecule has 5 rings (SSSR count). The Morgan fingerprint density at radius 3 is 2.53 bits per heavy atom. The molecule has 1 atom stereocenters. The predicted molar refractivity (Wildman–Crippen MR) is 133 cm³/mol. The summed E-state index contributed by atoms with van der Waals surface area (Å²) >= 11 is 1.15. The van der Waals surface area contributed by atoms with Gasteiger partial charge in [-0.2, -0.15) is 0 Å². The van der Waals surface area contributed by atoms with Gasteiger partial charge in [0.2, 0.25) is 12.7 Å². The number of rotatable bonds is 5. The fraction of sp³-hybridized carbons (Fsp3) is 0.115. The van der Waals surface area contributed by atoms with Gasteiger partial charge >= 0.3 is 0 Å². The minimum atomic E-state index is -0.703. The molecule has 0 saturated heterocycles. The van der Waals surface area contributed by atoms with Gasteiger partial charge in [-0.25, -0.2) is 4.99 Å². The molecule has 2 amide bonds. The second kappa shape index (κ2) is 9.07. The summed E-state index contributed by atoms with van der Waals surface area (Å²) in [6.07, 6.45) is 1.70. The zero-order valence-electron chi connectivity index (χ0n) is 18.3. The molecule has 0 fully saturated rings. The van der Waals surface area contributed by atoms with E-state index in [9.17, 15) is 9.59 Å². The minimum absolute atomic E-state index is 0.169. The number of carbonyl (C=O) groups excluding carboxylic acids is 2. The van der Waals surface area contributed by atoms with E-state index in [1.54, 1.807) is 18.2 Å². The summed E-state index contributed by atoms with van der Waals surface area (Å²) in [6, 6.07) is 22.2. The van der Waals surface area contributed by atoms with Crippen molar-refractivity contribution in [3.63, 3.8) is 0 Å². The molecule has 0 aromatic heterocycles. The highest BCUT2D eigenvalue weighted by atomic mass is 32.2. The lowest BCUT2D eigenvalue weighted by Gasteiger charge is -2.21. The van der Waals surface area contributed by atoms with Crippen LogP contribution in [0, 0.1) is 6.92 Å². The van der Waals surface area contributed by atoms with Crippen LogP contribution in [0.15, 0.2) is 83.5 Å². The van der Waals surface area contributed by atoms with Crippen molar-refractivity contribution in [1.29, 1.82) is 0 Å². The van der Waals surface area contributed by atoms with E-state index in [4.69, 9.17) is 15.2 Å². The Labute approximate surface area is 200 Å². The molecule has 0 bridgehead atoms. The Balaban J connectivity index is 1.54. The van der Waals surface area contributed by atoms with Crippen LogP contribution in [0.25, 0.3) is 6.08 Å². The summed E-state index contributed by atoms with van der Waals surface area (Å²) in [5, 5.41) is -0.320. The first-order valence-corrected chi connectivity index (χ1v) is 11.5. The average molecular weight is 472 g/mol. The second-order valence-electron chi connectivity index (χ2n) is 7.82. The van der Waals surface area contributed by atoms with E-state index < -0.39 is 11.2 Å². The van der Waals surface area contributed by atoms with Crippen LogP contribution in [-0.2, 0) is 9.59 Å². The smallest absolute Gasteiger partial charge is 0.283 e. The number of hydrogen-bond donors (Lipinski definition) is 1.